The van der Waals surface area contributed by atoms with E-state index >= 15 is 0 Å². The molecular weight excluding hydrogens is 364 g/mol. The molecule has 2 unspecified atom stereocenters. The van der Waals surface area contributed by atoms with Crippen LogP contribution in [0, 0.1) is 6.92 Å². The third-order valence-electron chi connectivity index (χ3n) is 4.56. The van der Waals surface area contributed by atoms with E-state index in [9.17, 15) is 0 Å². The molecule has 1 aromatic heterocycles. The van der Waals surface area contributed by atoms with Gasteiger partial charge >= 0.3 is 0 Å². The molecule has 0 spiro atoms. The van der Waals surface area contributed by atoms with Crippen LogP contribution < -0.4 is 10.6 Å². The summed E-state index contributed by atoms with van der Waals surface area (Å²) < 4.78 is 7.61. The van der Waals surface area contributed by atoms with E-state index in [-0.39, 0.29) is 12.1 Å². The molecule has 146 valence electrons. The van der Waals surface area contributed by atoms with E-state index in [0.29, 0.717) is 11.6 Å². The van der Waals surface area contributed by atoms with E-state index in [2.05, 4.69) is 27.6 Å². The van der Waals surface area contributed by atoms with E-state index in [1.54, 1.807) is 7.11 Å². The van der Waals surface area contributed by atoms with Crippen molar-refractivity contribution in [1.82, 2.24) is 25.4 Å². The predicted molar refractivity (Wildman–Crippen MR) is 107 cm³/mol. The van der Waals surface area contributed by atoms with Gasteiger partial charge in [0.15, 0.2) is 5.96 Å². The van der Waals surface area contributed by atoms with Crippen LogP contribution in [0.25, 0.3) is 0 Å². The molecule has 0 amide bonds. The third-order valence-corrected chi connectivity index (χ3v) is 4.79. The maximum absolute atomic E-state index is 6.11. The van der Waals surface area contributed by atoms with Crippen molar-refractivity contribution in [2.45, 2.75) is 45.4 Å². The summed E-state index contributed by atoms with van der Waals surface area (Å²) in [5.74, 6) is 2.53. The fourth-order valence-corrected chi connectivity index (χ4v) is 3.49. The molecular formula is C19H27ClN6O. The van der Waals surface area contributed by atoms with Crippen LogP contribution in [0.4, 0.5) is 0 Å². The molecule has 2 aromatic rings. The Kier molecular flexibility index (Phi) is 6.68. The standard InChI is InChI=1S/C19H27ClN6O/c1-4-21-19(22-12-17(27-3)14-7-5-8-15(20)11-14)24-16-9-6-10-26-18(16)23-13(2)25-26/h5,7-8,11,16-17H,4,6,9-10,12H2,1-3H3,(H2,21,22,24). The number of aryl methyl sites for hydroxylation is 2. The zero-order chi connectivity index (χ0) is 19.2. The highest BCUT2D eigenvalue weighted by atomic mass is 35.5. The lowest BCUT2D eigenvalue weighted by Gasteiger charge is -2.25. The van der Waals surface area contributed by atoms with Gasteiger partial charge in [-0.1, -0.05) is 23.7 Å². The van der Waals surface area contributed by atoms with Crippen LogP contribution in [-0.2, 0) is 11.3 Å². The molecule has 1 aliphatic rings. The molecule has 7 nitrogen and oxygen atoms in total. The first-order chi connectivity index (χ1) is 13.1. The molecule has 0 aliphatic carbocycles. The van der Waals surface area contributed by atoms with Crippen molar-refractivity contribution in [3.05, 3.63) is 46.5 Å². The zero-order valence-electron chi connectivity index (χ0n) is 16.1. The van der Waals surface area contributed by atoms with Crippen LogP contribution in [0.15, 0.2) is 29.3 Å². The molecule has 3 rings (SSSR count). The van der Waals surface area contributed by atoms with Gasteiger partial charge in [-0.3, -0.25) is 4.99 Å². The number of ether oxygens (including phenoxy) is 1. The van der Waals surface area contributed by atoms with Crippen molar-refractivity contribution in [3.63, 3.8) is 0 Å². The minimum atomic E-state index is -0.156. The van der Waals surface area contributed by atoms with Crippen LogP contribution in [-0.4, -0.2) is 40.9 Å². The molecule has 0 bridgehead atoms. The zero-order valence-corrected chi connectivity index (χ0v) is 16.8. The summed E-state index contributed by atoms with van der Waals surface area (Å²) in [7, 11) is 1.69. The average molecular weight is 391 g/mol. The number of nitrogens with one attached hydrogen (secondary N) is 2. The molecule has 2 atom stereocenters. The predicted octanol–water partition coefficient (Wildman–Crippen LogP) is 3.02. The van der Waals surface area contributed by atoms with Crippen molar-refractivity contribution in [3.8, 4) is 0 Å². The van der Waals surface area contributed by atoms with E-state index in [4.69, 9.17) is 21.3 Å². The number of methoxy groups -OCH3 is 1. The summed E-state index contributed by atoms with van der Waals surface area (Å²) in [6.45, 7) is 6.16. The maximum atomic E-state index is 6.11. The smallest absolute Gasteiger partial charge is 0.191 e. The first kappa shape index (κ1) is 19.6. The third kappa shape index (κ3) is 4.99. The monoisotopic (exact) mass is 390 g/mol. The van der Waals surface area contributed by atoms with Gasteiger partial charge in [-0.05, 0) is 44.4 Å². The first-order valence-electron chi connectivity index (χ1n) is 9.35. The highest BCUT2D eigenvalue weighted by Gasteiger charge is 2.24. The minimum absolute atomic E-state index is 0.102. The Labute approximate surface area is 165 Å². The SMILES string of the molecule is CCNC(=NCC(OC)c1cccc(Cl)c1)NC1CCCn2nc(C)nc21. The Morgan fingerprint density at radius 3 is 3.07 bits per heavy atom. The fourth-order valence-electron chi connectivity index (χ4n) is 3.29. The summed E-state index contributed by atoms with van der Waals surface area (Å²) in [6.07, 6.45) is 1.91. The number of fused-ring (bicyclic) bond motifs is 1. The highest BCUT2D eigenvalue weighted by molar-refractivity contribution is 6.30. The lowest BCUT2D eigenvalue weighted by molar-refractivity contribution is 0.111. The number of aliphatic imine (C=N–C) groups is 1. The van der Waals surface area contributed by atoms with Gasteiger partial charge in [0.1, 0.15) is 17.8 Å². The fraction of sp³-hybridized carbons (Fsp3) is 0.526. The molecule has 0 fully saturated rings. The maximum Gasteiger partial charge on any atom is 0.191 e. The Bertz CT molecular complexity index is 790. The van der Waals surface area contributed by atoms with Crippen LogP contribution in [0.5, 0.6) is 0 Å². The van der Waals surface area contributed by atoms with E-state index in [1.165, 1.54) is 0 Å². The Morgan fingerprint density at radius 1 is 1.48 bits per heavy atom. The van der Waals surface area contributed by atoms with E-state index in [0.717, 1.165) is 49.1 Å². The first-order valence-corrected chi connectivity index (χ1v) is 9.73. The lowest BCUT2D eigenvalue weighted by atomic mass is 10.1. The van der Waals surface area contributed by atoms with Crippen molar-refractivity contribution in [2.24, 2.45) is 4.99 Å². The minimum Gasteiger partial charge on any atom is -0.375 e. The number of hydrogen-bond donors (Lipinski definition) is 2. The summed E-state index contributed by atoms with van der Waals surface area (Å²) in [4.78, 5) is 9.32. The number of rotatable bonds is 6. The summed E-state index contributed by atoms with van der Waals surface area (Å²) >= 11 is 6.11. The van der Waals surface area contributed by atoms with Gasteiger partial charge in [0, 0.05) is 25.2 Å². The number of guanidine groups is 1. The summed E-state index contributed by atoms with van der Waals surface area (Å²) in [5, 5.41) is 12.0. The normalized spacial score (nSPS) is 18.1. The van der Waals surface area contributed by atoms with Gasteiger partial charge in [-0.25, -0.2) is 9.67 Å². The molecule has 2 heterocycles. The molecule has 2 N–H and O–H groups in total. The molecule has 1 aromatic carbocycles. The molecule has 8 heteroatoms. The van der Waals surface area contributed by atoms with Gasteiger partial charge < -0.3 is 15.4 Å². The van der Waals surface area contributed by atoms with Crippen molar-refractivity contribution < 1.29 is 4.74 Å². The van der Waals surface area contributed by atoms with Gasteiger partial charge in [-0.15, -0.1) is 0 Å². The molecule has 0 radical (unpaired) electrons. The number of halogens is 1. The second-order valence-electron chi connectivity index (χ2n) is 6.58. The molecule has 1 aliphatic heterocycles. The second-order valence-corrected chi connectivity index (χ2v) is 7.01. The van der Waals surface area contributed by atoms with Crippen molar-refractivity contribution in [2.75, 3.05) is 20.2 Å². The van der Waals surface area contributed by atoms with Gasteiger partial charge in [0.05, 0.1) is 12.6 Å². The van der Waals surface area contributed by atoms with E-state index in [1.807, 2.05) is 35.9 Å². The Hall–Kier alpha value is -2.12. The number of benzene rings is 1. The average Bonchev–Trinajstić information content (AvgIpc) is 3.03. The molecule has 27 heavy (non-hydrogen) atoms. The number of nitrogens with zero attached hydrogens (tertiary/aromatic N) is 4. The van der Waals surface area contributed by atoms with Crippen molar-refractivity contribution in [1.29, 1.82) is 0 Å². The Balaban J connectivity index is 1.73. The number of hydrogen-bond acceptors (Lipinski definition) is 4. The van der Waals surface area contributed by atoms with Crippen molar-refractivity contribution >= 4 is 17.6 Å². The molecule has 0 saturated heterocycles. The molecule has 0 saturated carbocycles. The Morgan fingerprint density at radius 2 is 2.33 bits per heavy atom. The highest BCUT2D eigenvalue weighted by Crippen LogP contribution is 2.23. The van der Waals surface area contributed by atoms with Crippen LogP contribution in [0.2, 0.25) is 5.02 Å². The summed E-state index contributed by atoms with van der Waals surface area (Å²) in [5.41, 5.74) is 1.01. The largest absolute Gasteiger partial charge is 0.375 e. The van der Waals surface area contributed by atoms with Gasteiger partial charge in [-0.2, -0.15) is 5.10 Å². The van der Waals surface area contributed by atoms with Crippen LogP contribution >= 0.6 is 11.6 Å². The van der Waals surface area contributed by atoms with Gasteiger partial charge in [0.2, 0.25) is 0 Å². The lowest BCUT2D eigenvalue weighted by Crippen LogP contribution is -2.41. The summed E-state index contributed by atoms with van der Waals surface area (Å²) in [6, 6.07) is 7.80. The quantitative estimate of drug-likeness (QED) is 0.585. The topological polar surface area (TPSA) is 76.4 Å². The van der Waals surface area contributed by atoms with E-state index < -0.39 is 0 Å². The van der Waals surface area contributed by atoms with Gasteiger partial charge in [0.25, 0.3) is 0 Å². The second kappa shape index (κ2) is 9.19. The van der Waals surface area contributed by atoms with Crippen LogP contribution in [0.3, 0.4) is 0 Å². The number of aromatic nitrogens is 3. The van der Waals surface area contributed by atoms with Crippen LogP contribution in [0.1, 0.15) is 49.1 Å².